The molecule has 1 aliphatic rings. The first kappa shape index (κ1) is 28.4. The number of likely N-dealkylation sites (tertiary alicyclic amines) is 1. The van der Waals surface area contributed by atoms with Gasteiger partial charge in [0.05, 0.1) is 5.02 Å². The quantitative estimate of drug-likeness (QED) is 0.318. The highest BCUT2D eigenvalue weighted by Crippen LogP contribution is 2.24. The monoisotopic (exact) mass is 495 g/mol. The minimum absolute atomic E-state index is 0. The summed E-state index contributed by atoms with van der Waals surface area (Å²) in [6, 6.07) is 6.12. The molecule has 30 heavy (non-hydrogen) atoms. The number of piperidine rings is 1. The van der Waals surface area contributed by atoms with Crippen LogP contribution in [-0.4, -0.2) is 45.1 Å². The largest absolute Gasteiger partial charge is 0.366 e. The lowest BCUT2D eigenvalue weighted by atomic mass is 10.0. The van der Waals surface area contributed by atoms with E-state index >= 15 is 0 Å². The third kappa shape index (κ3) is 8.63. The van der Waals surface area contributed by atoms with Crippen LogP contribution in [-0.2, 0) is 11.3 Å². The van der Waals surface area contributed by atoms with Gasteiger partial charge in [0.15, 0.2) is 0 Å². The van der Waals surface area contributed by atoms with Gasteiger partial charge in [-0.25, -0.2) is 10.5 Å². The number of anilines is 1. The lowest BCUT2D eigenvalue weighted by Crippen LogP contribution is -2.38. The average Bonchev–Trinajstić information content (AvgIpc) is 2.70. The van der Waals surface area contributed by atoms with Crippen LogP contribution in [0.15, 0.2) is 42.9 Å². The Morgan fingerprint density at radius 3 is 2.60 bits per heavy atom. The van der Waals surface area contributed by atoms with Crippen molar-refractivity contribution < 1.29 is 10.0 Å². The Kier molecular flexibility index (Phi) is 13.6. The van der Waals surface area contributed by atoms with Gasteiger partial charge in [-0.15, -0.1) is 37.2 Å². The highest BCUT2D eigenvalue weighted by atomic mass is 35.5. The summed E-state index contributed by atoms with van der Waals surface area (Å²) in [5.74, 6) is 0.0394. The van der Waals surface area contributed by atoms with Crippen molar-refractivity contribution in [3.8, 4) is 0 Å². The third-order valence-corrected chi connectivity index (χ3v) is 4.75. The van der Waals surface area contributed by atoms with Crippen molar-refractivity contribution in [1.82, 2.24) is 20.3 Å². The molecule has 0 saturated carbocycles. The van der Waals surface area contributed by atoms with Crippen LogP contribution in [0, 0.1) is 0 Å². The summed E-state index contributed by atoms with van der Waals surface area (Å²) < 4.78 is 0. The minimum atomic E-state index is -0.605. The molecule has 1 saturated heterocycles. The van der Waals surface area contributed by atoms with E-state index in [2.05, 4.69) is 26.3 Å². The molecule has 3 rings (SSSR count). The van der Waals surface area contributed by atoms with Crippen molar-refractivity contribution >= 4 is 66.6 Å². The summed E-state index contributed by atoms with van der Waals surface area (Å²) in [4.78, 5) is 22.0. The van der Waals surface area contributed by atoms with E-state index in [9.17, 15) is 4.79 Å². The summed E-state index contributed by atoms with van der Waals surface area (Å²) in [5, 5.41) is 12.4. The Bertz CT molecular complexity index is 803. The summed E-state index contributed by atoms with van der Waals surface area (Å²) >= 11 is 6.31. The van der Waals surface area contributed by atoms with E-state index in [1.165, 1.54) is 23.2 Å². The second-order valence-corrected chi connectivity index (χ2v) is 6.87. The number of nitrogens with one attached hydrogen (secondary N) is 2. The Balaban J connectivity index is 0.00000280. The maximum Gasteiger partial charge on any atom is 0.267 e. The molecule has 0 bridgehead atoms. The number of pyridine rings is 2. The van der Waals surface area contributed by atoms with E-state index in [0.29, 0.717) is 22.4 Å². The van der Waals surface area contributed by atoms with Crippen LogP contribution in [0.2, 0.25) is 5.02 Å². The molecule has 3 N–H and O–H groups in total. The lowest BCUT2D eigenvalue weighted by Gasteiger charge is -2.32. The highest BCUT2D eigenvalue weighted by molar-refractivity contribution is 6.33. The normalized spacial score (nSPS) is 14.2. The van der Waals surface area contributed by atoms with Gasteiger partial charge in [0, 0.05) is 50.3 Å². The zero-order valence-electron chi connectivity index (χ0n) is 16.0. The maximum absolute atomic E-state index is 11.0. The molecule has 0 radical (unpaired) electrons. The molecular formula is C19H25Cl4N5O2. The Morgan fingerprint density at radius 2 is 2.00 bits per heavy atom. The second kappa shape index (κ2) is 14.4. The van der Waals surface area contributed by atoms with E-state index in [-0.39, 0.29) is 37.2 Å². The van der Waals surface area contributed by atoms with Crippen LogP contribution in [0.3, 0.4) is 0 Å². The molecule has 0 aromatic carbocycles. The second-order valence-electron chi connectivity index (χ2n) is 6.46. The van der Waals surface area contributed by atoms with Gasteiger partial charge in [0.2, 0.25) is 0 Å². The fourth-order valence-electron chi connectivity index (χ4n) is 3.04. The number of aromatic nitrogens is 2. The standard InChI is InChI=1S/C19H22ClN5O2.3ClH/c20-17-10-14(3-4-18(26)24-27)12-22-19(17)23-16-5-8-25(9-6-16)13-15-2-1-7-21-11-15;;;/h1-4,7,10-12,16,27H,5-6,8-9,13H2,(H,22,23)(H,24,26);3*1H. The predicted molar refractivity (Wildman–Crippen MR) is 126 cm³/mol. The summed E-state index contributed by atoms with van der Waals surface area (Å²) in [6.07, 6.45) is 10.1. The molecule has 11 heteroatoms. The van der Waals surface area contributed by atoms with Gasteiger partial charge in [-0.3, -0.25) is 19.9 Å². The smallest absolute Gasteiger partial charge is 0.267 e. The SMILES string of the molecule is Cl.Cl.Cl.O=C(C=Cc1cnc(NC2CCN(Cc3cccnc3)CC2)c(Cl)c1)NO. The van der Waals surface area contributed by atoms with Gasteiger partial charge in [-0.2, -0.15) is 0 Å². The first-order valence-corrected chi connectivity index (χ1v) is 9.17. The number of amides is 1. The number of carbonyl (C=O) groups is 1. The zero-order chi connectivity index (χ0) is 19.1. The number of rotatable bonds is 6. The molecule has 0 spiro atoms. The Morgan fingerprint density at radius 1 is 1.27 bits per heavy atom. The van der Waals surface area contributed by atoms with Crippen molar-refractivity contribution in [3.05, 3.63) is 59.0 Å². The van der Waals surface area contributed by atoms with Crippen molar-refractivity contribution in [2.24, 2.45) is 0 Å². The predicted octanol–water partition coefficient (Wildman–Crippen LogP) is 3.99. The van der Waals surface area contributed by atoms with Gasteiger partial charge in [-0.1, -0.05) is 17.7 Å². The van der Waals surface area contributed by atoms with Crippen LogP contribution in [0.25, 0.3) is 6.08 Å². The van der Waals surface area contributed by atoms with E-state index < -0.39 is 5.91 Å². The molecule has 2 aromatic rings. The Hall–Kier alpha value is -1.61. The van der Waals surface area contributed by atoms with Gasteiger partial charge in [-0.05, 0) is 42.2 Å². The summed E-state index contributed by atoms with van der Waals surface area (Å²) in [7, 11) is 0. The first-order chi connectivity index (χ1) is 13.1. The van der Waals surface area contributed by atoms with Gasteiger partial charge >= 0.3 is 0 Å². The van der Waals surface area contributed by atoms with Crippen molar-refractivity contribution in [1.29, 1.82) is 0 Å². The number of carbonyl (C=O) groups excluding carboxylic acids is 1. The number of halogens is 4. The number of nitrogens with zero attached hydrogens (tertiary/aromatic N) is 3. The third-order valence-electron chi connectivity index (χ3n) is 4.46. The molecule has 1 fully saturated rings. The van der Waals surface area contributed by atoms with Crippen LogP contribution >= 0.6 is 48.8 Å². The molecule has 0 unspecified atom stereocenters. The van der Waals surface area contributed by atoms with Gasteiger partial charge < -0.3 is 5.32 Å². The first-order valence-electron chi connectivity index (χ1n) is 8.79. The minimum Gasteiger partial charge on any atom is -0.366 e. The molecule has 0 atom stereocenters. The van der Waals surface area contributed by atoms with Crippen molar-refractivity contribution in [2.45, 2.75) is 25.4 Å². The fraction of sp³-hybridized carbons (Fsp3) is 0.316. The number of hydroxylamine groups is 1. The van der Waals surface area contributed by atoms with Gasteiger partial charge in [0.25, 0.3) is 5.91 Å². The highest BCUT2D eigenvalue weighted by Gasteiger charge is 2.20. The zero-order valence-corrected chi connectivity index (χ0v) is 19.2. The van der Waals surface area contributed by atoms with Gasteiger partial charge in [0.1, 0.15) is 5.82 Å². The maximum atomic E-state index is 11.0. The summed E-state index contributed by atoms with van der Waals surface area (Å²) in [6.45, 7) is 2.92. The summed E-state index contributed by atoms with van der Waals surface area (Å²) in [5.41, 5.74) is 3.44. The Labute approximate surface area is 199 Å². The van der Waals surface area contributed by atoms with E-state index in [0.717, 1.165) is 32.5 Å². The van der Waals surface area contributed by atoms with Crippen LogP contribution in [0.4, 0.5) is 5.82 Å². The average molecular weight is 497 g/mol. The molecule has 3 heterocycles. The molecular weight excluding hydrogens is 472 g/mol. The molecule has 2 aromatic heterocycles. The van der Waals surface area contributed by atoms with E-state index in [1.54, 1.807) is 18.5 Å². The van der Waals surface area contributed by atoms with E-state index in [1.807, 2.05) is 12.3 Å². The van der Waals surface area contributed by atoms with Crippen molar-refractivity contribution in [3.63, 3.8) is 0 Å². The van der Waals surface area contributed by atoms with Crippen LogP contribution < -0.4 is 10.8 Å². The fourth-order valence-corrected chi connectivity index (χ4v) is 3.27. The van der Waals surface area contributed by atoms with Crippen molar-refractivity contribution in [2.75, 3.05) is 18.4 Å². The number of hydrogen-bond acceptors (Lipinski definition) is 6. The molecule has 1 aliphatic heterocycles. The van der Waals surface area contributed by atoms with E-state index in [4.69, 9.17) is 16.8 Å². The lowest BCUT2D eigenvalue weighted by molar-refractivity contribution is -0.124. The van der Waals surface area contributed by atoms with Crippen LogP contribution in [0.5, 0.6) is 0 Å². The molecule has 1 amide bonds. The molecule has 7 nitrogen and oxygen atoms in total. The molecule has 166 valence electrons. The van der Waals surface area contributed by atoms with Crippen LogP contribution in [0.1, 0.15) is 24.0 Å². The molecule has 0 aliphatic carbocycles. The topological polar surface area (TPSA) is 90.4 Å². The number of hydrogen-bond donors (Lipinski definition) is 3.